The fraction of sp³-hybridized carbons (Fsp3) is 0.533. The van der Waals surface area contributed by atoms with Crippen LogP contribution in [-0.4, -0.2) is 100 Å². The molecule has 0 saturated heterocycles. The molecule has 6 aromatic carbocycles. The quantitative estimate of drug-likeness (QED) is 0.0153. The summed E-state index contributed by atoms with van der Waals surface area (Å²) in [5.41, 5.74) is 1.69. The largest absolute Gasteiger partial charge is 0.504 e. The van der Waals surface area contributed by atoms with Gasteiger partial charge in [0.1, 0.15) is 5.52 Å². The summed E-state index contributed by atoms with van der Waals surface area (Å²) in [6, 6.07) is 20.2. The predicted octanol–water partition coefficient (Wildman–Crippen LogP) is 24.7. The van der Waals surface area contributed by atoms with E-state index in [0.29, 0.717) is 107 Å². The number of hydrogen-bond acceptors (Lipinski definition) is 18. The fourth-order valence-electron chi connectivity index (χ4n) is 12.6. The van der Waals surface area contributed by atoms with Crippen molar-refractivity contribution >= 4 is 65.4 Å². The average molecular weight is 1480 g/mol. The lowest BCUT2D eigenvalue weighted by Gasteiger charge is -2.14. The zero-order chi connectivity index (χ0) is 76.8. The molecule has 10 rings (SSSR count). The molecule has 6 N–H and O–H groups in total. The Morgan fingerprint density at radius 1 is 0.194 bits per heavy atom. The molecule has 0 atom stereocenters. The molecular weight excluding hydrogens is 1360 g/mol. The van der Waals surface area contributed by atoms with E-state index in [1.807, 2.05) is 0 Å². The maximum Gasteiger partial charge on any atom is 0.184 e. The second kappa shape index (κ2) is 50.5. The highest BCUT2D eigenvalue weighted by atomic mass is 16.5. The number of unbranched alkanes of at least 4 members (excludes halogenated alkanes) is 30. The molecule has 18 nitrogen and oxygen atoms in total. The van der Waals surface area contributed by atoms with Crippen LogP contribution in [0.25, 0.3) is 65.4 Å². The Hall–Kier alpha value is -9.06. The number of aromatic hydroxyl groups is 6. The number of phenols is 6. The Labute approximate surface area is 642 Å². The molecule has 0 aliphatic carbocycles. The summed E-state index contributed by atoms with van der Waals surface area (Å²) in [6.07, 6.45) is 47.4. The normalized spacial score (nSPS) is 11.2. The van der Waals surface area contributed by atoms with E-state index in [4.69, 9.17) is 58.3 Å². The Kier molecular flexibility index (Phi) is 40.3. The molecule has 0 aliphatic rings. The highest BCUT2D eigenvalue weighted by molar-refractivity contribution is 5.86. The van der Waals surface area contributed by atoms with Crippen LogP contribution in [-0.2, 0) is 0 Å². The second-order valence-corrected chi connectivity index (χ2v) is 28.4. The van der Waals surface area contributed by atoms with Gasteiger partial charge in [0.05, 0.1) is 67.2 Å². The topological polar surface area (TPSA) is 254 Å². The maximum absolute atomic E-state index is 11.8. The zero-order valence-corrected chi connectivity index (χ0v) is 65.9. The summed E-state index contributed by atoms with van der Waals surface area (Å²) < 4.78 is 39.2. The second-order valence-electron chi connectivity index (χ2n) is 28.4. The molecular formula is C90H126N6O12. The molecule has 0 spiro atoms. The number of hydrogen-bond donors (Lipinski definition) is 6. The molecule has 0 unspecified atom stereocenters. The van der Waals surface area contributed by atoms with Crippen LogP contribution in [0.15, 0.2) is 110 Å². The van der Waals surface area contributed by atoms with E-state index < -0.39 is 34.5 Å². The summed E-state index contributed by atoms with van der Waals surface area (Å²) in [7, 11) is 0. The van der Waals surface area contributed by atoms with Crippen molar-refractivity contribution in [3.8, 4) is 69.0 Å². The third kappa shape index (κ3) is 29.5. The first-order valence-electron chi connectivity index (χ1n) is 41.1. The number of phenolic OH excluding ortho intramolecular Hbond substituents is 6. The van der Waals surface area contributed by atoms with E-state index >= 15 is 0 Å². The Bertz CT molecular complexity index is 3510. The molecule has 108 heavy (non-hydrogen) atoms. The number of fused-ring (bicyclic) bond motifs is 3. The molecule has 10 aromatic rings. The van der Waals surface area contributed by atoms with Crippen LogP contribution in [0.5, 0.6) is 69.0 Å². The van der Waals surface area contributed by atoms with Crippen LogP contribution in [0, 0.1) is 0 Å². The zero-order valence-electron chi connectivity index (χ0n) is 65.9. The summed E-state index contributed by atoms with van der Waals surface area (Å²) in [6.45, 7) is 15.9. The van der Waals surface area contributed by atoms with Crippen LogP contribution in [0.2, 0.25) is 0 Å². The van der Waals surface area contributed by atoms with Crippen LogP contribution < -0.4 is 28.4 Å². The number of rotatable bonds is 48. The van der Waals surface area contributed by atoms with Gasteiger partial charge in [0.2, 0.25) is 0 Å². The van der Waals surface area contributed by atoms with Gasteiger partial charge < -0.3 is 59.1 Å². The number of ether oxygens (including phenoxy) is 6. The third-order valence-electron chi connectivity index (χ3n) is 19.4. The lowest BCUT2D eigenvalue weighted by molar-refractivity contribution is 0.259. The van der Waals surface area contributed by atoms with Gasteiger partial charge in [0, 0.05) is 99.8 Å². The van der Waals surface area contributed by atoms with Crippen LogP contribution >= 0.6 is 0 Å². The van der Waals surface area contributed by atoms with Gasteiger partial charge in [-0.1, -0.05) is 234 Å². The van der Waals surface area contributed by atoms with Gasteiger partial charge in [-0.2, -0.15) is 0 Å². The van der Waals surface area contributed by atoms with Gasteiger partial charge in [-0.25, -0.2) is 0 Å². The van der Waals surface area contributed by atoms with Crippen LogP contribution in [0.3, 0.4) is 0 Å². The van der Waals surface area contributed by atoms with Crippen molar-refractivity contribution in [2.45, 2.75) is 273 Å². The molecule has 4 aromatic heterocycles. The fourth-order valence-corrected chi connectivity index (χ4v) is 12.6. The Balaban J connectivity index is 1.50. The first-order valence-corrected chi connectivity index (χ1v) is 41.1. The van der Waals surface area contributed by atoms with Gasteiger partial charge in [0.15, 0.2) is 69.0 Å². The molecule has 588 valence electrons. The van der Waals surface area contributed by atoms with E-state index in [2.05, 4.69) is 41.5 Å². The molecule has 18 heteroatoms. The molecule has 0 amide bonds. The molecule has 0 saturated carbocycles. The highest BCUT2D eigenvalue weighted by Gasteiger charge is 2.16. The van der Waals surface area contributed by atoms with Crippen LogP contribution in [0.1, 0.15) is 273 Å². The minimum Gasteiger partial charge on any atom is -0.504 e. The monoisotopic (exact) mass is 1480 g/mol. The Morgan fingerprint density at radius 3 is 0.639 bits per heavy atom. The summed E-state index contributed by atoms with van der Waals surface area (Å²) in [5.74, 6) is -0.0169. The SMILES string of the molecule is CCCCCCCCOc1cc2cnc3ccc(cnc4cc(OCCCCCCCC)c(OCCCCCCCC)cc4ncc4ccc(cnc5cc(OCCCCCCCC)c(OCCCCCCCC)cc5ncc5ccc(cnc2cc1OCCCCCCCC)c(O)c5O)c(O)c4O)c(O)c3O. The average Bonchev–Trinajstić information content (AvgIpc) is 0.816. The van der Waals surface area contributed by atoms with Gasteiger partial charge >= 0.3 is 0 Å². The molecule has 6 bridgehead atoms. The predicted molar refractivity (Wildman–Crippen MR) is 441 cm³/mol. The van der Waals surface area contributed by atoms with E-state index in [9.17, 15) is 30.6 Å². The highest BCUT2D eigenvalue weighted by Crippen LogP contribution is 2.39. The summed E-state index contributed by atoms with van der Waals surface area (Å²) in [5, 5.41) is 72.4. The molecule has 4 heterocycles. The smallest absolute Gasteiger partial charge is 0.184 e. The first kappa shape index (κ1) is 86.2. The standard InChI is InChI=1S/C90H126N6O12/c1-7-13-19-25-31-37-49-103-79-55-72-66-91-73-48-47-71(89(101)90(73)102)65-96-78-60-84(108-54-42-36-30-24-18-12-6)83(107-53-41-35-29-23-17-11-5)59-77(78)95-64-70-46-45-69(87(99)88(70)100)63-94-76-58-82(106-52-40-34-28-22-16-10-4)81(105-51-39-33-27-21-15-9-3)57-75(76)93-62-68-44-43-67(85(97)86(68)98)61-92-74(72)56-80(79)104-50-38-32-26-20-14-8-2/h43-48,55-66,97-102H,7-42,49-54H2,1-6H3. The van der Waals surface area contributed by atoms with Crippen LogP contribution in [0.4, 0.5) is 0 Å². The number of nitrogens with zero attached hydrogens (tertiary/aromatic N) is 6. The third-order valence-corrected chi connectivity index (χ3v) is 19.4. The Morgan fingerprint density at radius 2 is 0.380 bits per heavy atom. The van der Waals surface area contributed by atoms with Gasteiger partial charge in [-0.15, -0.1) is 0 Å². The lowest BCUT2D eigenvalue weighted by atomic mass is 10.1. The van der Waals surface area contributed by atoms with Crippen molar-refractivity contribution in [1.29, 1.82) is 0 Å². The molecule has 0 fully saturated rings. The molecule has 0 radical (unpaired) electrons. The van der Waals surface area contributed by atoms with Crippen molar-refractivity contribution in [3.63, 3.8) is 0 Å². The van der Waals surface area contributed by atoms with E-state index in [-0.39, 0.29) is 32.4 Å². The summed E-state index contributed by atoms with van der Waals surface area (Å²) >= 11 is 0. The van der Waals surface area contributed by atoms with Gasteiger partial charge in [0.25, 0.3) is 0 Å². The molecule has 0 aliphatic heterocycles. The van der Waals surface area contributed by atoms with Gasteiger partial charge in [-0.3, -0.25) is 29.9 Å². The lowest BCUT2D eigenvalue weighted by Crippen LogP contribution is -2.03. The first-order chi connectivity index (χ1) is 52.9. The van der Waals surface area contributed by atoms with E-state index in [1.54, 1.807) is 72.8 Å². The van der Waals surface area contributed by atoms with Crippen molar-refractivity contribution in [2.24, 2.45) is 0 Å². The maximum atomic E-state index is 11.8. The van der Waals surface area contributed by atoms with Crippen molar-refractivity contribution in [2.75, 3.05) is 39.6 Å². The minimum atomic E-state index is -0.510. The minimum absolute atomic E-state index is 0.0386. The number of benzene rings is 6. The van der Waals surface area contributed by atoms with E-state index in [1.165, 1.54) is 75.7 Å². The van der Waals surface area contributed by atoms with Crippen molar-refractivity contribution in [1.82, 2.24) is 29.9 Å². The van der Waals surface area contributed by atoms with Gasteiger partial charge in [-0.05, 0) is 81.0 Å². The summed E-state index contributed by atoms with van der Waals surface area (Å²) in [4.78, 5) is 29.3. The number of aromatic nitrogens is 6. The van der Waals surface area contributed by atoms with Crippen molar-refractivity contribution < 1.29 is 59.1 Å². The van der Waals surface area contributed by atoms with E-state index in [0.717, 1.165) is 193 Å². The van der Waals surface area contributed by atoms with Crippen molar-refractivity contribution in [3.05, 3.63) is 110 Å².